The molecule has 1 fully saturated rings. The molecule has 1 saturated heterocycles. The fourth-order valence-corrected chi connectivity index (χ4v) is 4.13. The predicted molar refractivity (Wildman–Crippen MR) is 141 cm³/mol. The molecule has 2 aromatic rings. The van der Waals surface area contributed by atoms with Crippen LogP contribution in [0.1, 0.15) is 25.9 Å². The van der Waals surface area contributed by atoms with Crippen LogP contribution in [0.3, 0.4) is 0 Å². The normalized spacial score (nSPS) is 17.2. The van der Waals surface area contributed by atoms with Crippen LogP contribution in [0.2, 0.25) is 0 Å². The Balaban J connectivity index is 0.00000456. The van der Waals surface area contributed by atoms with Crippen LogP contribution in [-0.4, -0.2) is 37.5 Å². The zero-order chi connectivity index (χ0) is 25.7. The Bertz CT molecular complexity index is 1200. The molecule has 0 aromatic heterocycles. The van der Waals surface area contributed by atoms with Crippen molar-refractivity contribution in [1.29, 1.82) is 0 Å². The van der Waals surface area contributed by atoms with Crippen LogP contribution < -0.4 is 10.2 Å². The van der Waals surface area contributed by atoms with Crippen molar-refractivity contribution in [2.24, 2.45) is 0 Å². The number of nitrogens with one attached hydrogen (secondary N) is 1. The Labute approximate surface area is 208 Å². The van der Waals surface area contributed by atoms with E-state index in [1.807, 2.05) is 38.2 Å². The molecule has 6 heteroatoms. The van der Waals surface area contributed by atoms with E-state index in [-0.39, 0.29) is 19.8 Å². The third-order valence-corrected chi connectivity index (χ3v) is 6.23. The van der Waals surface area contributed by atoms with E-state index in [1.54, 1.807) is 18.0 Å². The molecule has 1 amide bonds. The fraction of sp³-hybridized carbons (Fsp3) is 0.276. The van der Waals surface area contributed by atoms with E-state index in [4.69, 9.17) is 0 Å². The second-order valence-electron chi connectivity index (χ2n) is 9.04. The highest BCUT2D eigenvalue weighted by atomic mass is 19.1. The number of amides is 1. The summed E-state index contributed by atoms with van der Waals surface area (Å²) in [7, 11) is 3.69. The molecule has 1 aliphatic rings. The van der Waals surface area contributed by atoms with Gasteiger partial charge in [0.25, 0.3) is 5.91 Å². The van der Waals surface area contributed by atoms with E-state index in [0.717, 1.165) is 36.1 Å². The van der Waals surface area contributed by atoms with E-state index in [9.17, 15) is 13.6 Å². The lowest BCUT2D eigenvalue weighted by atomic mass is 9.92. The number of aryl methyl sites for hydroxylation is 1. The summed E-state index contributed by atoms with van der Waals surface area (Å²) in [5.74, 6) is -0.615. The molecular weight excluding hydrogens is 444 g/mol. The number of para-hydroxylation sites is 1. The molecule has 2 aromatic carbocycles. The first-order chi connectivity index (χ1) is 16.6. The molecule has 1 unspecified atom stereocenters. The molecule has 3 rings (SSSR count). The number of allylic oxidation sites excluding steroid dienone is 4. The molecule has 0 saturated carbocycles. The van der Waals surface area contributed by atoms with Gasteiger partial charge in [-0.3, -0.25) is 4.79 Å². The van der Waals surface area contributed by atoms with E-state index in [0.29, 0.717) is 22.3 Å². The molecule has 1 N–H and O–H groups in total. The first-order valence-corrected chi connectivity index (χ1v) is 11.6. The second kappa shape index (κ2) is 11.2. The zero-order valence-corrected chi connectivity index (χ0v) is 20.9. The summed E-state index contributed by atoms with van der Waals surface area (Å²) < 4.78 is 27.8. The molecule has 0 spiro atoms. The van der Waals surface area contributed by atoms with E-state index < -0.39 is 11.6 Å². The van der Waals surface area contributed by atoms with Crippen LogP contribution in [0.15, 0.2) is 90.3 Å². The van der Waals surface area contributed by atoms with Crippen molar-refractivity contribution < 1.29 is 15.0 Å². The highest BCUT2D eigenvalue weighted by Crippen LogP contribution is 2.29. The van der Waals surface area contributed by atoms with Crippen molar-refractivity contribution >= 4 is 11.6 Å². The fourth-order valence-electron chi connectivity index (χ4n) is 4.13. The number of nitrogens with zero attached hydrogens (tertiary/aromatic N) is 2. The Kier molecular flexibility index (Phi) is 8.28. The van der Waals surface area contributed by atoms with Gasteiger partial charge in [-0.1, -0.05) is 37.4 Å². The minimum Gasteiger partial charge on any atom is -0.369 e. The number of benzene rings is 2. The van der Waals surface area contributed by atoms with Gasteiger partial charge < -0.3 is 15.1 Å². The number of halogens is 2. The van der Waals surface area contributed by atoms with Crippen LogP contribution in [0.25, 0.3) is 0 Å². The van der Waals surface area contributed by atoms with Crippen LogP contribution in [-0.2, 0) is 11.2 Å². The number of hydrogen-bond donors (Lipinski definition) is 1. The average Bonchev–Trinajstić information content (AvgIpc) is 2.81. The van der Waals surface area contributed by atoms with Gasteiger partial charge in [-0.05, 0) is 60.8 Å². The van der Waals surface area contributed by atoms with Gasteiger partial charge in [0.2, 0.25) is 0 Å². The Morgan fingerprint density at radius 2 is 1.94 bits per heavy atom. The summed E-state index contributed by atoms with van der Waals surface area (Å²) in [6, 6.07) is 11.4. The lowest BCUT2D eigenvalue weighted by molar-refractivity contribution is -0.113. The molecule has 0 aliphatic carbocycles. The Morgan fingerprint density at radius 1 is 1.23 bits per heavy atom. The highest BCUT2D eigenvalue weighted by molar-refractivity contribution is 6.01. The van der Waals surface area contributed by atoms with E-state index in [2.05, 4.69) is 30.3 Å². The summed E-state index contributed by atoms with van der Waals surface area (Å²) in [6.45, 7) is 13.3. The maximum Gasteiger partial charge on any atom is 0.250 e. The van der Waals surface area contributed by atoms with Crippen LogP contribution in [0.4, 0.5) is 14.5 Å². The standard InChI is InChI=1S/C29H33F2N3O.H2/c1-19-9-7-8-10-26(19)34(6)27(35)14-11-20(2)28(29-32-22(4)15-16-33(29)5)21(3)17-23-12-13-24(30)18-25(23)31;/h7-14,18,22,32H,2-3,15-17H2,1,4-6H3;1H/b14-11-,29-28-;. The van der Waals surface area contributed by atoms with Gasteiger partial charge in [0, 0.05) is 57.9 Å². The van der Waals surface area contributed by atoms with E-state index in [1.165, 1.54) is 18.2 Å². The number of rotatable bonds is 7. The lowest BCUT2D eigenvalue weighted by Gasteiger charge is -2.36. The molecule has 0 radical (unpaired) electrons. The molecule has 1 atom stereocenters. The van der Waals surface area contributed by atoms with Crippen molar-refractivity contribution in [3.8, 4) is 0 Å². The topological polar surface area (TPSA) is 35.6 Å². The molecule has 4 nitrogen and oxygen atoms in total. The number of carbonyl (C=O) groups excluding carboxylic acids is 1. The van der Waals surface area contributed by atoms with Gasteiger partial charge in [0.05, 0.1) is 0 Å². The smallest absolute Gasteiger partial charge is 0.250 e. The van der Waals surface area contributed by atoms with Crippen LogP contribution in [0, 0.1) is 18.6 Å². The summed E-state index contributed by atoms with van der Waals surface area (Å²) in [5, 5.41) is 3.48. The SMILES string of the molecule is C=C(/C=C\C(=O)N(C)c1ccccc1C)/C(C(=C)Cc1ccc(F)cc1F)=C1\NC(C)CCN1C.[HH]. The quantitative estimate of drug-likeness (QED) is 0.396. The Morgan fingerprint density at radius 3 is 2.63 bits per heavy atom. The van der Waals surface area contributed by atoms with Crippen molar-refractivity contribution in [3.05, 3.63) is 113 Å². The monoisotopic (exact) mass is 479 g/mol. The molecule has 35 heavy (non-hydrogen) atoms. The zero-order valence-electron chi connectivity index (χ0n) is 20.9. The summed E-state index contributed by atoms with van der Waals surface area (Å²) in [5.41, 5.74) is 4.07. The van der Waals surface area contributed by atoms with E-state index >= 15 is 0 Å². The molecule has 186 valence electrons. The number of carbonyl (C=O) groups is 1. The van der Waals surface area contributed by atoms with Crippen LogP contribution in [0.5, 0.6) is 0 Å². The van der Waals surface area contributed by atoms with Gasteiger partial charge in [-0.2, -0.15) is 0 Å². The third kappa shape index (κ3) is 6.27. The summed E-state index contributed by atoms with van der Waals surface area (Å²) >= 11 is 0. The van der Waals surface area contributed by atoms with Gasteiger partial charge in [-0.25, -0.2) is 8.78 Å². The van der Waals surface area contributed by atoms with Crippen molar-refractivity contribution in [2.45, 2.75) is 32.7 Å². The lowest BCUT2D eigenvalue weighted by Crippen LogP contribution is -2.43. The summed E-state index contributed by atoms with van der Waals surface area (Å²) in [4.78, 5) is 16.6. The van der Waals surface area contributed by atoms with Gasteiger partial charge in [0.15, 0.2) is 0 Å². The number of hydrogen-bond acceptors (Lipinski definition) is 3. The molecular formula is C29H35F2N3O. The molecule has 1 aliphatic heterocycles. The van der Waals surface area contributed by atoms with Crippen LogP contribution >= 0.6 is 0 Å². The minimum absolute atomic E-state index is 0. The molecule has 1 heterocycles. The maximum absolute atomic E-state index is 14.4. The minimum atomic E-state index is -0.624. The maximum atomic E-state index is 14.4. The summed E-state index contributed by atoms with van der Waals surface area (Å²) in [6.07, 6.45) is 4.29. The first-order valence-electron chi connectivity index (χ1n) is 11.6. The van der Waals surface area contributed by atoms with Gasteiger partial charge in [-0.15, -0.1) is 0 Å². The van der Waals surface area contributed by atoms with Crippen molar-refractivity contribution in [1.82, 2.24) is 10.2 Å². The molecule has 0 bridgehead atoms. The average molecular weight is 480 g/mol. The number of anilines is 1. The Hall–Kier alpha value is -3.67. The van der Waals surface area contributed by atoms with Gasteiger partial charge in [0.1, 0.15) is 17.5 Å². The largest absolute Gasteiger partial charge is 0.369 e. The second-order valence-corrected chi connectivity index (χ2v) is 9.04. The number of likely N-dealkylation sites (N-methyl/N-ethyl adjacent to an activating group) is 1. The highest BCUT2D eigenvalue weighted by Gasteiger charge is 2.23. The first kappa shape index (κ1) is 25.9. The predicted octanol–water partition coefficient (Wildman–Crippen LogP) is 5.92. The van der Waals surface area contributed by atoms with Gasteiger partial charge >= 0.3 is 0 Å². The van der Waals surface area contributed by atoms with Crippen molar-refractivity contribution in [2.75, 3.05) is 25.5 Å². The van der Waals surface area contributed by atoms with Crippen molar-refractivity contribution in [3.63, 3.8) is 0 Å². The third-order valence-electron chi connectivity index (χ3n) is 6.23.